The molecule has 2 heterocycles. The highest BCUT2D eigenvalue weighted by Crippen LogP contribution is 2.04. The zero-order chi connectivity index (χ0) is 13.5. The van der Waals surface area contributed by atoms with Crippen LogP contribution in [-0.4, -0.2) is 44.8 Å². The number of aromatic amines is 1. The van der Waals surface area contributed by atoms with Gasteiger partial charge in [0, 0.05) is 13.0 Å². The van der Waals surface area contributed by atoms with E-state index in [1.165, 1.54) is 19.6 Å². The van der Waals surface area contributed by atoms with Gasteiger partial charge in [0.2, 0.25) is 0 Å². The second-order valence-electron chi connectivity index (χ2n) is 3.74. The van der Waals surface area contributed by atoms with Gasteiger partial charge < -0.3 is 10.1 Å². The summed E-state index contributed by atoms with van der Waals surface area (Å²) in [4.78, 5) is 23.3. The summed E-state index contributed by atoms with van der Waals surface area (Å²) >= 11 is 0. The van der Waals surface area contributed by atoms with Crippen molar-refractivity contribution in [3.8, 4) is 0 Å². The molecular formula is C11H14N6O2. The van der Waals surface area contributed by atoms with E-state index in [2.05, 4.69) is 35.2 Å². The molecule has 0 saturated heterocycles. The molecule has 0 aliphatic heterocycles. The maximum absolute atomic E-state index is 11.3. The molecule has 8 heteroatoms. The van der Waals surface area contributed by atoms with Crippen molar-refractivity contribution < 1.29 is 9.53 Å². The van der Waals surface area contributed by atoms with Gasteiger partial charge in [-0.25, -0.2) is 14.8 Å². The second-order valence-corrected chi connectivity index (χ2v) is 3.74. The van der Waals surface area contributed by atoms with Gasteiger partial charge in [0.15, 0.2) is 5.69 Å². The number of carbonyl (C=O) groups is 1. The Balaban J connectivity index is 1.81. The summed E-state index contributed by atoms with van der Waals surface area (Å²) in [5.41, 5.74) is 0.183. The first-order chi connectivity index (χ1) is 9.29. The monoisotopic (exact) mass is 262 g/mol. The van der Waals surface area contributed by atoms with Crippen molar-refractivity contribution in [1.82, 2.24) is 25.1 Å². The minimum Gasteiger partial charge on any atom is -0.464 e. The average Bonchev–Trinajstić information content (AvgIpc) is 2.96. The van der Waals surface area contributed by atoms with Crippen molar-refractivity contribution in [2.45, 2.75) is 12.8 Å². The Bertz CT molecular complexity index is 528. The molecule has 0 aromatic carbocycles. The first kappa shape index (κ1) is 12.9. The SMILES string of the molecule is COC(=O)c1cncc(NCCCc2ncn[nH]2)n1. The van der Waals surface area contributed by atoms with E-state index in [0.29, 0.717) is 12.4 Å². The fraction of sp³-hybridized carbons (Fsp3) is 0.364. The van der Waals surface area contributed by atoms with E-state index in [0.717, 1.165) is 18.7 Å². The average molecular weight is 262 g/mol. The molecule has 0 aliphatic carbocycles. The van der Waals surface area contributed by atoms with Gasteiger partial charge in [-0.1, -0.05) is 0 Å². The highest BCUT2D eigenvalue weighted by molar-refractivity contribution is 5.87. The second kappa shape index (κ2) is 6.43. The summed E-state index contributed by atoms with van der Waals surface area (Å²) in [6.07, 6.45) is 6.05. The molecule has 2 aromatic rings. The Hall–Kier alpha value is -2.51. The maximum Gasteiger partial charge on any atom is 0.358 e. The van der Waals surface area contributed by atoms with Crippen LogP contribution >= 0.6 is 0 Å². The molecule has 0 aliphatic rings. The minimum atomic E-state index is -0.502. The van der Waals surface area contributed by atoms with Gasteiger partial charge in [-0.3, -0.25) is 10.1 Å². The van der Waals surface area contributed by atoms with Gasteiger partial charge in [0.05, 0.1) is 19.5 Å². The fourth-order valence-corrected chi connectivity index (χ4v) is 1.48. The number of H-pyrrole nitrogens is 1. The number of nitrogens with zero attached hydrogens (tertiary/aromatic N) is 4. The number of aryl methyl sites for hydroxylation is 1. The number of ether oxygens (including phenoxy) is 1. The zero-order valence-electron chi connectivity index (χ0n) is 10.5. The van der Waals surface area contributed by atoms with Gasteiger partial charge in [-0.2, -0.15) is 5.10 Å². The third-order valence-corrected chi connectivity index (χ3v) is 2.39. The molecule has 0 atom stereocenters. The lowest BCUT2D eigenvalue weighted by Gasteiger charge is -2.05. The topological polar surface area (TPSA) is 106 Å². The number of nitrogens with one attached hydrogen (secondary N) is 2. The summed E-state index contributed by atoms with van der Waals surface area (Å²) < 4.78 is 4.58. The highest BCUT2D eigenvalue weighted by Gasteiger charge is 2.08. The molecule has 0 fully saturated rings. The number of esters is 1. The minimum absolute atomic E-state index is 0.183. The van der Waals surface area contributed by atoms with E-state index in [9.17, 15) is 4.79 Å². The Morgan fingerprint density at radius 1 is 1.47 bits per heavy atom. The number of anilines is 1. The number of aromatic nitrogens is 5. The van der Waals surface area contributed by atoms with Crippen LogP contribution in [0.15, 0.2) is 18.7 Å². The molecule has 2 N–H and O–H groups in total. The summed E-state index contributed by atoms with van der Waals surface area (Å²) in [5.74, 6) is 0.884. The van der Waals surface area contributed by atoms with Crippen LogP contribution in [0.4, 0.5) is 5.82 Å². The predicted molar refractivity (Wildman–Crippen MR) is 66.6 cm³/mol. The van der Waals surface area contributed by atoms with Crippen molar-refractivity contribution in [3.05, 3.63) is 30.2 Å². The molecule has 0 unspecified atom stereocenters. The van der Waals surface area contributed by atoms with Crippen LogP contribution in [0.1, 0.15) is 22.7 Å². The van der Waals surface area contributed by atoms with E-state index < -0.39 is 5.97 Å². The Kier molecular flexibility index (Phi) is 4.38. The van der Waals surface area contributed by atoms with Crippen molar-refractivity contribution in [2.75, 3.05) is 19.0 Å². The lowest BCUT2D eigenvalue weighted by molar-refractivity contribution is 0.0593. The van der Waals surface area contributed by atoms with E-state index in [4.69, 9.17) is 0 Å². The van der Waals surface area contributed by atoms with Crippen LogP contribution in [0.5, 0.6) is 0 Å². The molecule has 8 nitrogen and oxygen atoms in total. The number of hydrogen-bond donors (Lipinski definition) is 2. The molecule has 0 amide bonds. The standard InChI is InChI=1S/C11H14N6O2/c1-19-11(18)8-5-12-6-10(16-8)13-4-2-3-9-14-7-15-17-9/h5-7H,2-4H2,1H3,(H,13,16)(H,14,15,17). The Morgan fingerprint density at radius 2 is 2.37 bits per heavy atom. The molecule has 0 radical (unpaired) electrons. The Morgan fingerprint density at radius 3 is 3.11 bits per heavy atom. The molecule has 0 bridgehead atoms. The van der Waals surface area contributed by atoms with Crippen molar-refractivity contribution in [1.29, 1.82) is 0 Å². The number of methoxy groups -OCH3 is 1. The quantitative estimate of drug-likeness (QED) is 0.574. The van der Waals surface area contributed by atoms with Crippen LogP contribution in [0, 0.1) is 0 Å². The lowest BCUT2D eigenvalue weighted by Crippen LogP contribution is -2.10. The van der Waals surface area contributed by atoms with Crippen LogP contribution < -0.4 is 5.32 Å². The molecule has 19 heavy (non-hydrogen) atoms. The van der Waals surface area contributed by atoms with Crippen LogP contribution in [0.25, 0.3) is 0 Å². The van der Waals surface area contributed by atoms with Crippen molar-refractivity contribution in [2.24, 2.45) is 0 Å². The van der Waals surface area contributed by atoms with Gasteiger partial charge in [-0.15, -0.1) is 0 Å². The van der Waals surface area contributed by atoms with E-state index in [1.54, 1.807) is 6.20 Å². The Labute approximate surface area is 109 Å². The maximum atomic E-state index is 11.3. The normalized spacial score (nSPS) is 10.2. The molecular weight excluding hydrogens is 248 g/mol. The molecule has 2 aromatic heterocycles. The largest absolute Gasteiger partial charge is 0.464 e. The summed E-state index contributed by atoms with van der Waals surface area (Å²) in [6, 6.07) is 0. The van der Waals surface area contributed by atoms with Crippen LogP contribution in [-0.2, 0) is 11.2 Å². The van der Waals surface area contributed by atoms with E-state index in [-0.39, 0.29) is 5.69 Å². The van der Waals surface area contributed by atoms with Crippen molar-refractivity contribution in [3.63, 3.8) is 0 Å². The molecule has 100 valence electrons. The van der Waals surface area contributed by atoms with Gasteiger partial charge in [0.1, 0.15) is 18.0 Å². The number of carbonyl (C=O) groups excluding carboxylic acids is 1. The summed E-state index contributed by atoms with van der Waals surface area (Å²) in [7, 11) is 1.31. The van der Waals surface area contributed by atoms with Crippen LogP contribution in [0.2, 0.25) is 0 Å². The lowest BCUT2D eigenvalue weighted by atomic mass is 10.3. The van der Waals surface area contributed by atoms with E-state index in [1.807, 2.05) is 0 Å². The highest BCUT2D eigenvalue weighted by atomic mass is 16.5. The predicted octanol–water partition coefficient (Wildman–Crippen LogP) is 0.426. The van der Waals surface area contributed by atoms with Gasteiger partial charge in [0.25, 0.3) is 0 Å². The van der Waals surface area contributed by atoms with Gasteiger partial charge in [-0.05, 0) is 6.42 Å². The first-order valence-electron chi connectivity index (χ1n) is 5.78. The third-order valence-electron chi connectivity index (χ3n) is 2.39. The summed E-state index contributed by atoms with van der Waals surface area (Å²) in [6.45, 7) is 0.694. The molecule has 0 saturated carbocycles. The van der Waals surface area contributed by atoms with Crippen molar-refractivity contribution >= 4 is 11.8 Å². The number of rotatable bonds is 6. The van der Waals surface area contributed by atoms with E-state index >= 15 is 0 Å². The number of hydrogen-bond acceptors (Lipinski definition) is 7. The third kappa shape index (κ3) is 3.73. The smallest absolute Gasteiger partial charge is 0.358 e. The first-order valence-corrected chi connectivity index (χ1v) is 5.78. The zero-order valence-corrected chi connectivity index (χ0v) is 10.5. The van der Waals surface area contributed by atoms with Crippen LogP contribution in [0.3, 0.4) is 0 Å². The van der Waals surface area contributed by atoms with Gasteiger partial charge >= 0.3 is 5.97 Å². The summed E-state index contributed by atoms with van der Waals surface area (Å²) in [5, 5.41) is 9.64. The fourth-order valence-electron chi connectivity index (χ4n) is 1.48. The molecule has 0 spiro atoms. The molecule has 2 rings (SSSR count).